The molecular formula is C19H17FN2O2S. The van der Waals surface area contributed by atoms with Crippen LogP contribution in [0.1, 0.15) is 10.6 Å². The van der Waals surface area contributed by atoms with Gasteiger partial charge in [-0.3, -0.25) is 4.79 Å². The second-order valence-electron chi connectivity index (χ2n) is 5.49. The number of hydrogen-bond acceptors (Lipinski definition) is 4. The highest BCUT2D eigenvalue weighted by molar-refractivity contribution is 7.15. The number of hydrogen-bond donors (Lipinski definition) is 1. The Morgan fingerprint density at radius 1 is 1.24 bits per heavy atom. The van der Waals surface area contributed by atoms with E-state index in [4.69, 9.17) is 4.74 Å². The molecule has 1 aromatic heterocycles. The first kappa shape index (κ1) is 17.1. The summed E-state index contributed by atoms with van der Waals surface area (Å²) in [6, 6.07) is 13.5. The van der Waals surface area contributed by atoms with Crippen LogP contribution in [0.5, 0.6) is 5.75 Å². The normalized spacial score (nSPS) is 10.5. The van der Waals surface area contributed by atoms with E-state index in [1.165, 1.54) is 23.5 Å². The van der Waals surface area contributed by atoms with Crippen molar-refractivity contribution in [1.29, 1.82) is 0 Å². The van der Waals surface area contributed by atoms with E-state index in [0.717, 1.165) is 26.9 Å². The lowest BCUT2D eigenvalue weighted by molar-refractivity contribution is -0.115. The summed E-state index contributed by atoms with van der Waals surface area (Å²) in [6.07, 6.45) is 0.205. The Bertz CT molecular complexity index is 891. The van der Waals surface area contributed by atoms with Crippen LogP contribution in [-0.2, 0) is 11.2 Å². The third kappa shape index (κ3) is 4.22. The molecule has 1 heterocycles. The van der Waals surface area contributed by atoms with Crippen LogP contribution in [0.25, 0.3) is 10.6 Å². The summed E-state index contributed by atoms with van der Waals surface area (Å²) in [6.45, 7) is 1.88. The molecule has 2 aromatic carbocycles. The van der Waals surface area contributed by atoms with Crippen molar-refractivity contribution in [3.8, 4) is 16.3 Å². The summed E-state index contributed by atoms with van der Waals surface area (Å²) < 4.78 is 18.3. The third-order valence-electron chi connectivity index (χ3n) is 3.66. The lowest BCUT2D eigenvalue weighted by Gasteiger charge is -2.04. The molecular weight excluding hydrogens is 339 g/mol. The fourth-order valence-electron chi connectivity index (χ4n) is 2.37. The van der Waals surface area contributed by atoms with E-state index >= 15 is 0 Å². The smallest absolute Gasteiger partial charge is 0.229 e. The van der Waals surface area contributed by atoms with E-state index < -0.39 is 0 Å². The number of aryl methyl sites for hydroxylation is 1. The van der Waals surface area contributed by atoms with Gasteiger partial charge in [0, 0.05) is 16.1 Å². The summed E-state index contributed by atoms with van der Waals surface area (Å²) in [4.78, 5) is 17.6. The number of carbonyl (C=O) groups excluding carboxylic acids is 1. The maximum absolute atomic E-state index is 13.2. The van der Waals surface area contributed by atoms with E-state index in [9.17, 15) is 9.18 Å². The van der Waals surface area contributed by atoms with Crippen LogP contribution in [0.2, 0.25) is 0 Å². The molecule has 3 rings (SSSR count). The highest BCUT2D eigenvalue weighted by Crippen LogP contribution is 2.29. The van der Waals surface area contributed by atoms with E-state index in [-0.39, 0.29) is 18.1 Å². The van der Waals surface area contributed by atoms with Gasteiger partial charge < -0.3 is 10.1 Å². The minimum absolute atomic E-state index is 0.196. The minimum Gasteiger partial charge on any atom is -0.497 e. The molecule has 0 atom stereocenters. The minimum atomic E-state index is -0.381. The second kappa shape index (κ2) is 7.44. The van der Waals surface area contributed by atoms with Gasteiger partial charge in [0.25, 0.3) is 0 Å². The summed E-state index contributed by atoms with van der Waals surface area (Å²) in [7, 11) is 1.62. The molecule has 0 aliphatic rings. The zero-order valence-electron chi connectivity index (χ0n) is 13.9. The number of rotatable bonds is 5. The fraction of sp³-hybridized carbons (Fsp3) is 0.158. The van der Waals surface area contributed by atoms with Crippen LogP contribution in [0.3, 0.4) is 0 Å². The highest BCUT2D eigenvalue weighted by Gasteiger charge is 2.13. The molecule has 0 saturated carbocycles. The molecule has 0 saturated heterocycles. The third-order valence-corrected chi connectivity index (χ3v) is 4.87. The lowest BCUT2D eigenvalue weighted by Crippen LogP contribution is -2.14. The quantitative estimate of drug-likeness (QED) is 0.735. The van der Waals surface area contributed by atoms with Crippen LogP contribution >= 0.6 is 11.3 Å². The maximum atomic E-state index is 13.2. The number of halogens is 1. The number of benzene rings is 2. The molecule has 0 aliphatic heterocycles. The van der Waals surface area contributed by atoms with Gasteiger partial charge in [0.15, 0.2) is 0 Å². The molecule has 3 aromatic rings. The summed E-state index contributed by atoms with van der Waals surface area (Å²) in [5.41, 5.74) is 2.25. The van der Waals surface area contributed by atoms with Crippen molar-refractivity contribution in [2.45, 2.75) is 13.3 Å². The Labute approximate surface area is 149 Å². The van der Waals surface area contributed by atoms with E-state index in [0.29, 0.717) is 5.69 Å². The van der Waals surface area contributed by atoms with Crippen molar-refractivity contribution in [3.05, 3.63) is 64.9 Å². The van der Waals surface area contributed by atoms with E-state index in [1.807, 2.05) is 31.2 Å². The Kier molecular flexibility index (Phi) is 5.09. The molecule has 1 N–H and O–H groups in total. The first-order chi connectivity index (χ1) is 12.0. The van der Waals surface area contributed by atoms with Gasteiger partial charge in [-0.1, -0.05) is 6.07 Å². The predicted molar refractivity (Wildman–Crippen MR) is 97.6 cm³/mol. The molecule has 0 fully saturated rings. The number of nitrogens with one attached hydrogen (secondary N) is 1. The zero-order valence-corrected chi connectivity index (χ0v) is 14.7. The summed E-state index contributed by atoms with van der Waals surface area (Å²) in [5.74, 6) is 0.207. The number of methoxy groups -OCH3 is 1. The van der Waals surface area contributed by atoms with Crippen LogP contribution < -0.4 is 10.1 Å². The van der Waals surface area contributed by atoms with E-state index in [2.05, 4.69) is 10.3 Å². The largest absolute Gasteiger partial charge is 0.497 e. The lowest BCUT2D eigenvalue weighted by atomic mass is 10.2. The molecule has 25 heavy (non-hydrogen) atoms. The van der Waals surface area contributed by atoms with Crippen molar-refractivity contribution in [2.24, 2.45) is 0 Å². The Hall–Kier alpha value is -2.73. The van der Waals surface area contributed by atoms with Gasteiger partial charge in [0.2, 0.25) is 5.91 Å². The van der Waals surface area contributed by atoms with Gasteiger partial charge in [-0.05, 0) is 49.4 Å². The van der Waals surface area contributed by atoms with Crippen LogP contribution in [-0.4, -0.2) is 18.0 Å². The molecule has 0 bridgehead atoms. The molecule has 6 heteroatoms. The molecule has 0 radical (unpaired) electrons. The van der Waals surface area contributed by atoms with Crippen molar-refractivity contribution in [3.63, 3.8) is 0 Å². The van der Waals surface area contributed by atoms with Crippen molar-refractivity contribution >= 4 is 22.9 Å². The fourth-order valence-corrected chi connectivity index (χ4v) is 3.43. The molecule has 1 amide bonds. The first-order valence-corrected chi connectivity index (χ1v) is 8.53. The molecule has 128 valence electrons. The molecule has 0 unspecified atom stereocenters. The maximum Gasteiger partial charge on any atom is 0.229 e. The topological polar surface area (TPSA) is 51.2 Å². The number of amides is 1. The monoisotopic (exact) mass is 356 g/mol. The summed E-state index contributed by atoms with van der Waals surface area (Å²) in [5, 5.41) is 3.56. The average molecular weight is 356 g/mol. The van der Waals surface area contributed by atoms with Gasteiger partial charge in [-0.25, -0.2) is 9.37 Å². The first-order valence-electron chi connectivity index (χ1n) is 7.71. The standard InChI is InChI=1S/C19H17FN2O2S/c1-12-17(11-18(23)22-15-5-3-4-14(20)10-15)25-19(21-12)13-6-8-16(24-2)9-7-13/h3-10H,11H2,1-2H3,(H,22,23). The Morgan fingerprint density at radius 3 is 2.68 bits per heavy atom. The van der Waals surface area contributed by atoms with Crippen LogP contribution in [0, 0.1) is 12.7 Å². The van der Waals surface area contributed by atoms with Gasteiger partial charge in [0.05, 0.1) is 19.2 Å². The number of nitrogens with zero attached hydrogens (tertiary/aromatic N) is 1. The average Bonchev–Trinajstić information content (AvgIpc) is 2.95. The van der Waals surface area contributed by atoms with Crippen molar-refractivity contribution in [1.82, 2.24) is 4.98 Å². The predicted octanol–water partition coefficient (Wildman–Crippen LogP) is 4.45. The van der Waals surface area contributed by atoms with Gasteiger partial charge >= 0.3 is 0 Å². The number of anilines is 1. The number of aromatic nitrogens is 1. The SMILES string of the molecule is COc1ccc(-c2nc(C)c(CC(=O)Nc3cccc(F)c3)s2)cc1. The Balaban J connectivity index is 1.72. The van der Waals surface area contributed by atoms with Crippen LogP contribution in [0.4, 0.5) is 10.1 Å². The number of ether oxygens (including phenoxy) is 1. The van der Waals surface area contributed by atoms with Crippen molar-refractivity contribution < 1.29 is 13.9 Å². The highest BCUT2D eigenvalue weighted by atomic mass is 32.1. The van der Waals surface area contributed by atoms with Gasteiger partial charge in [-0.2, -0.15) is 0 Å². The van der Waals surface area contributed by atoms with Gasteiger partial charge in [0.1, 0.15) is 16.6 Å². The Morgan fingerprint density at radius 2 is 2.00 bits per heavy atom. The van der Waals surface area contributed by atoms with Crippen molar-refractivity contribution in [2.75, 3.05) is 12.4 Å². The zero-order chi connectivity index (χ0) is 17.8. The molecule has 0 aliphatic carbocycles. The number of carbonyl (C=O) groups is 1. The van der Waals surface area contributed by atoms with E-state index in [1.54, 1.807) is 19.2 Å². The van der Waals surface area contributed by atoms with Gasteiger partial charge in [-0.15, -0.1) is 11.3 Å². The second-order valence-corrected chi connectivity index (χ2v) is 6.58. The number of thiazole rings is 1. The summed E-state index contributed by atoms with van der Waals surface area (Å²) >= 11 is 1.48. The molecule has 0 spiro atoms. The van der Waals surface area contributed by atoms with Crippen LogP contribution in [0.15, 0.2) is 48.5 Å². The molecule has 4 nitrogen and oxygen atoms in total.